The summed E-state index contributed by atoms with van der Waals surface area (Å²) in [5.41, 5.74) is 2.94. The van der Waals surface area contributed by atoms with Gasteiger partial charge in [0.25, 0.3) is 5.91 Å². The van der Waals surface area contributed by atoms with E-state index in [1.165, 1.54) is 49.2 Å². The van der Waals surface area contributed by atoms with E-state index in [0.717, 1.165) is 16.7 Å². The molecule has 1 saturated heterocycles. The second kappa shape index (κ2) is 24.0. The molecule has 2 N–H and O–H groups in total. The molecule has 0 radical (unpaired) electrons. The van der Waals surface area contributed by atoms with Gasteiger partial charge >= 0.3 is 30.1 Å². The number of ether oxygens (including phenoxy) is 6. The van der Waals surface area contributed by atoms with Crippen LogP contribution >= 0.6 is 0 Å². The molecule has 4 aromatic carbocycles. The third-order valence-corrected chi connectivity index (χ3v) is 11.0. The van der Waals surface area contributed by atoms with E-state index in [0.29, 0.717) is 5.56 Å². The van der Waals surface area contributed by atoms with E-state index >= 15 is 0 Å². The van der Waals surface area contributed by atoms with Crippen molar-refractivity contribution in [2.75, 3.05) is 12.4 Å². The zero-order valence-electron chi connectivity index (χ0n) is 38.5. The summed E-state index contributed by atoms with van der Waals surface area (Å²) < 4.78 is 36.3. The number of nitrogens with one attached hydrogen (secondary N) is 2. The number of hydrogen-bond acceptors (Lipinski definition) is 15. The topological polar surface area (TPSA) is 229 Å². The van der Waals surface area contributed by atoms with Crippen molar-refractivity contribution >= 4 is 53.0 Å². The Labute approximate surface area is 402 Å². The maximum atomic E-state index is 14.5. The summed E-state index contributed by atoms with van der Waals surface area (Å²) in [5.74, 6) is -2.59. The number of fused-ring (bicyclic) bond motifs is 1. The summed E-state index contributed by atoms with van der Waals surface area (Å²) in [5, 5.41) is 5.29. The number of amides is 3. The molecule has 1 unspecified atom stereocenters. The van der Waals surface area contributed by atoms with Crippen LogP contribution < -0.4 is 10.6 Å². The fraction of sp³-hybridized carbons (Fsp3) is 0.275. The predicted octanol–water partition coefficient (Wildman–Crippen LogP) is 6.85. The van der Waals surface area contributed by atoms with Crippen molar-refractivity contribution < 1.29 is 57.2 Å². The van der Waals surface area contributed by atoms with Gasteiger partial charge in [-0.05, 0) is 41.7 Å². The van der Waals surface area contributed by atoms with Crippen molar-refractivity contribution in [1.29, 1.82) is 0 Å². The minimum absolute atomic E-state index is 0.00274. The van der Waals surface area contributed by atoms with Gasteiger partial charge in [-0.1, -0.05) is 121 Å². The van der Waals surface area contributed by atoms with Crippen molar-refractivity contribution in [3.63, 3.8) is 0 Å². The Bertz CT molecular complexity index is 2760. The highest BCUT2D eigenvalue weighted by Gasteiger charge is 2.51. The highest BCUT2D eigenvalue weighted by Crippen LogP contribution is 2.39. The number of methoxy groups -OCH3 is 1. The van der Waals surface area contributed by atoms with Crippen LogP contribution in [0.25, 0.3) is 11.2 Å². The van der Waals surface area contributed by atoms with Crippen molar-refractivity contribution in [3.05, 3.63) is 168 Å². The molecule has 3 amide bonds. The fourth-order valence-corrected chi connectivity index (χ4v) is 7.79. The molecule has 19 heteroatoms. The van der Waals surface area contributed by atoms with Crippen molar-refractivity contribution in [2.45, 2.75) is 83.1 Å². The molecule has 19 nitrogen and oxygen atoms in total. The van der Waals surface area contributed by atoms with Gasteiger partial charge in [0.1, 0.15) is 31.7 Å². The number of carbonyl (C=O) groups is 6. The molecule has 362 valence electrons. The van der Waals surface area contributed by atoms with Crippen LogP contribution in [0.4, 0.5) is 15.4 Å². The summed E-state index contributed by atoms with van der Waals surface area (Å²) in [6.07, 6.45) is -0.964. The monoisotopic (exact) mass is 953 g/mol. The number of anilines is 1. The molecule has 3 heterocycles. The van der Waals surface area contributed by atoms with E-state index < -0.39 is 72.6 Å². The molecule has 0 bridgehead atoms. The number of alkyl carbamates (subject to hydrolysis) is 1. The zero-order chi connectivity index (χ0) is 49.4. The van der Waals surface area contributed by atoms with Gasteiger partial charge in [0.15, 0.2) is 35.4 Å². The first-order valence-corrected chi connectivity index (χ1v) is 22.2. The maximum Gasteiger partial charge on any atom is 0.410 e. The Hall–Kier alpha value is -8.45. The van der Waals surface area contributed by atoms with E-state index in [4.69, 9.17) is 28.4 Å². The van der Waals surface area contributed by atoms with E-state index in [9.17, 15) is 28.8 Å². The molecule has 7 rings (SSSR count). The number of rotatable bonds is 19. The number of imidazole rings is 1. The second-order valence-corrected chi connectivity index (χ2v) is 16.0. The second-order valence-electron chi connectivity index (χ2n) is 16.0. The summed E-state index contributed by atoms with van der Waals surface area (Å²) >= 11 is 0. The summed E-state index contributed by atoms with van der Waals surface area (Å²) in [4.78, 5) is 94.1. The molecule has 70 heavy (non-hydrogen) atoms. The number of nitrogens with zero attached hydrogens (tertiary/aromatic N) is 5. The van der Waals surface area contributed by atoms with Crippen molar-refractivity contribution in [3.8, 4) is 0 Å². The lowest BCUT2D eigenvalue weighted by atomic mass is 9.98. The minimum atomic E-state index is -1.31. The average Bonchev–Trinajstić information content (AvgIpc) is 3.95. The van der Waals surface area contributed by atoms with Gasteiger partial charge in [0.05, 0.1) is 13.4 Å². The van der Waals surface area contributed by atoms with Crippen LogP contribution in [0, 0.1) is 0 Å². The molecular weight excluding hydrogens is 903 g/mol. The molecule has 1 aliphatic rings. The van der Waals surface area contributed by atoms with Crippen LogP contribution in [0.15, 0.2) is 146 Å². The molecule has 6 aromatic rings. The molecule has 0 spiro atoms. The first-order valence-electron chi connectivity index (χ1n) is 22.2. The lowest BCUT2D eigenvalue weighted by molar-refractivity contribution is -0.165. The smallest absolute Gasteiger partial charge is 0.410 e. The Balaban J connectivity index is 1.23. The molecule has 0 aliphatic carbocycles. The van der Waals surface area contributed by atoms with Gasteiger partial charge in [-0.15, -0.1) is 0 Å². The number of aromatic nitrogens is 4. The molecule has 6 atom stereocenters. The Morgan fingerprint density at radius 3 is 1.94 bits per heavy atom. The standard InChI is InChI=1S/C51H51N7O12/c1-33(59)68-43-41(70-48(44(43)69-34(2)60)58-32-54-42-45(52-31-53-46(42)58)56-47(61)38-23-14-7-15-24-38)27-39(25-16-26-40(49(62)65-3)55-50(63)66-29-36-19-10-5-11-20-36)57(28-35-17-8-4-9-18-35)51(64)67-30-37-21-12-6-13-22-37/h4-24,26,31-32,39-41,43-44,48H,25,27-30H2,1-3H3,(H,55,63)(H,52,53,56,61)/b26-16+/t39-,40+,41+,43?,44-,48+/m0/s1. The number of benzene rings is 4. The van der Waals surface area contributed by atoms with Gasteiger partial charge in [0, 0.05) is 32.0 Å². The summed E-state index contributed by atoms with van der Waals surface area (Å²) in [6.45, 7) is 2.30. The van der Waals surface area contributed by atoms with Crippen LogP contribution in [-0.4, -0.2) is 97.9 Å². The fourth-order valence-electron chi connectivity index (χ4n) is 7.79. The highest BCUT2D eigenvalue weighted by molar-refractivity contribution is 6.06. The average molecular weight is 954 g/mol. The lowest BCUT2D eigenvalue weighted by Gasteiger charge is -2.33. The van der Waals surface area contributed by atoms with Gasteiger partial charge in [0.2, 0.25) is 0 Å². The van der Waals surface area contributed by atoms with E-state index in [1.807, 2.05) is 66.7 Å². The molecular formula is C51H51N7O12. The maximum absolute atomic E-state index is 14.5. The third kappa shape index (κ3) is 13.2. The SMILES string of the molecule is COC(=O)[C@@H](/C=C/C[C@@H](C[C@H]1O[C@@H](n2cnc3c(NC(=O)c4ccccc4)ncnc32)[C@@H](OC(C)=O)C1OC(C)=O)N(Cc1ccccc1)C(=O)OCc1ccccc1)NC(=O)OCc1ccccc1. The normalized spacial score (nSPS) is 17.2. The summed E-state index contributed by atoms with van der Waals surface area (Å²) in [7, 11) is 1.17. The first kappa shape index (κ1) is 49.5. The number of carbonyl (C=O) groups excluding carboxylic acids is 6. The van der Waals surface area contributed by atoms with E-state index in [1.54, 1.807) is 60.7 Å². The summed E-state index contributed by atoms with van der Waals surface area (Å²) in [6, 6.07) is 33.6. The van der Waals surface area contributed by atoms with Crippen LogP contribution in [0.2, 0.25) is 0 Å². The van der Waals surface area contributed by atoms with Crippen LogP contribution in [0.1, 0.15) is 60.0 Å². The Morgan fingerprint density at radius 2 is 1.33 bits per heavy atom. The number of esters is 3. The molecule has 2 aromatic heterocycles. The van der Waals surface area contributed by atoms with Crippen LogP contribution in [0.3, 0.4) is 0 Å². The van der Waals surface area contributed by atoms with Gasteiger partial charge < -0.3 is 44.0 Å². The zero-order valence-corrected chi connectivity index (χ0v) is 38.5. The van der Waals surface area contributed by atoms with Gasteiger partial charge in [-0.3, -0.25) is 19.0 Å². The van der Waals surface area contributed by atoms with Crippen LogP contribution in [-0.2, 0) is 62.6 Å². The number of hydrogen-bond donors (Lipinski definition) is 2. The largest absolute Gasteiger partial charge is 0.467 e. The Morgan fingerprint density at radius 1 is 0.743 bits per heavy atom. The van der Waals surface area contributed by atoms with Gasteiger partial charge in [-0.25, -0.2) is 29.3 Å². The first-order chi connectivity index (χ1) is 34.0. The molecule has 0 saturated carbocycles. The van der Waals surface area contributed by atoms with E-state index in [-0.39, 0.29) is 49.6 Å². The van der Waals surface area contributed by atoms with Gasteiger partial charge in [-0.2, -0.15) is 0 Å². The predicted molar refractivity (Wildman–Crippen MR) is 251 cm³/mol. The Kier molecular flexibility index (Phi) is 17.0. The third-order valence-electron chi connectivity index (χ3n) is 11.0. The van der Waals surface area contributed by atoms with Crippen molar-refractivity contribution in [1.82, 2.24) is 29.7 Å². The lowest BCUT2D eigenvalue weighted by Crippen LogP contribution is -2.45. The van der Waals surface area contributed by atoms with Crippen molar-refractivity contribution in [2.24, 2.45) is 0 Å². The molecule has 1 aliphatic heterocycles. The highest BCUT2D eigenvalue weighted by atomic mass is 16.6. The quantitative estimate of drug-likeness (QED) is 0.0481. The molecule has 1 fully saturated rings. The minimum Gasteiger partial charge on any atom is -0.467 e. The van der Waals surface area contributed by atoms with Crippen LogP contribution in [0.5, 0.6) is 0 Å². The van der Waals surface area contributed by atoms with E-state index in [2.05, 4.69) is 25.6 Å².